The molecule has 0 spiro atoms. The first-order chi connectivity index (χ1) is 8.86. The lowest BCUT2D eigenvalue weighted by Gasteiger charge is -2.29. The zero-order valence-corrected chi connectivity index (χ0v) is 12.2. The van der Waals surface area contributed by atoms with Crippen LogP contribution in [-0.2, 0) is 6.42 Å². The molecule has 0 unspecified atom stereocenters. The molecule has 1 saturated heterocycles. The Balaban J connectivity index is 1.61. The van der Waals surface area contributed by atoms with Crippen molar-refractivity contribution in [3.8, 4) is 0 Å². The van der Waals surface area contributed by atoms with Gasteiger partial charge in [-0.05, 0) is 18.4 Å². The summed E-state index contributed by atoms with van der Waals surface area (Å²) in [6.45, 7) is 4.24. The summed E-state index contributed by atoms with van der Waals surface area (Å²) in [5, 5.41) is 3.35. The Hall–Kier alpha value is -0.580. The number of benzene rings is 1. The van der Waals surface area contributed by atoms with Crippen molar-refractivity contribution >= 4 is 28.3 Å². The normalized spacial score (nSPS) is 15.7. The van der Waals surface area contributed by atoms with Gasteiger partial charge in [0, 0.05) is 31.9 Å². The molecule has 2 nitrogen and oxygen atoms in total. The Morgan fingerprint density at radius 1 is 1.22 bits per heavy atom. The third-order valence-corrected chi connectivity index (χ3v) is 4.66. The predicted molar refractivity (Wildman–Crippen MR) is 84.3 cm³/mol. The van der Waals surface area contributed by atoms with E-state index in [0.29, 0.717) is 0 Å². The van der Waals surface area contributed by atoms with E-state index in [9.17, 15) is 0 Å². The van der Waals surface area contributed by atoms with E-state index in [1.165, 1.54) is 12.0 Å². The molecule has 0 aromatic heterocycles. The highest BCUT2D eigenvalue weighted by Crippen LogP contribution is 2.13. The van der Waals surface area contributed by atoms with E-state index < -0.39 is 0 Å². The van der Waals surface area contributed by atoms with Crippen molar-refractivity contribution in [1.82, 2.24) is 10.2 Å². The first-order valence-electron chi connectivity index (χ1n) is 6.52. The van der Waals surface area contributed by atoms with Gasteiger partial charge in [-0.1, -0.05) is 54.3 Å². The fourth-order valence-corrected chi connectivity index (χ4v) is 3.28. The summed E-state index contributed by atoms with van der Waals surface area (Å²) in [6.07, 6.45) is 2.35. The number of piperazine rings is 1. The third kappa shape index (κ3) is 4.59. The molecule has 0 saturated carbocycles. The predicted octanol–water partition coefficient (Wildman–Crippen LogP) is 2.54. The van der Waals surface area contributed by atoms with E-state index in [-0.39, 0.29) is 0 Å². The lowest BCUT2D eigenvalue weighted by atomic mass is 10.1. The molecular weight excluding hydrogens is 260 g/mol. The molecular formula is C14H20N2S2. The average molecular weight is 280 g/mol. The smallest absolute Gasteiger partial charge is 0.136 e. The number of hydrogen-bond donors (Lipinski definition) is 1. The molecule has 1 aliphatic heterocycles. The molecule has 0 bridgehead atoms. The van der Waals surface area contributed by atoms with Crippen LogP contribution in [0.2, 0.25) is 0 Å². The van der Waals surface area contributed by atoms with Crippen molar-refractivity contribution in [2.24, 2.45) is 0 Å². The van der Waals surface area contributed by atoms with Gasteiger partial charge in [0.15, 0.2) is 0 Å². The van der Waals surface area contributed by atoms with Gasteiger partial charge in [0.2, 0.25) is 0 Å². The van der Waals surface area contributed by atoms with Crippen LogP contribution in [0.4, 0.5) is 0 Å². The van der Waals surface area contributed by atoms with Crippen molar-refractivity contribution in [1.29, 1.82) is 0 Å². The highest BCUT2D eigenvalue weighted by molar-refractivity contribution is 8.22. The Labute approximate surface area is 119 Å². The van der Waals surface area contributed by atoms with E-state index in [4.69, 9.17) is 12.2 Å². The van der Waals surface area contributed by atoms with Crippen LogP contribution in [0.25, 0.3) is 0 Å². The molecule has 1 aliphatic rings. The number of rotatable bonds is 4. The Morgan fingerprint density at radius 3 is 2.67 bits per heavy atom. The second kappa shape index (κ2) is 7.77. The summed E-state index contributed by atoms with van der Waals surface area (Å²) < 4.78 is 1.07. The number of nitrogens with zero attached hydrogens (tertiary/aromatic N) is 1. The highest BCUT2D eigenvalue weighted by Gasteiger charge is 2.12. The van der Waals surface area contributed by atoms with Crippen molar-refractivity contribution < 1.29 is 0 Å². The molecule has 0 atom stereocenters. The molecule has 1 aromatic carbocycles. The zero-order chi connectivity index (χ0) is 12.6. The Bertz CT molecular complexity index is 361. The van der Waals surface area contributed by atoms with Gasteiger partial charge >= 0.3 is 0 Å². The van der Waals surface area contributed by atoms with E-state index in [0.717, 1.165) is 42.7 Å². The summed E-state index contributed by atoms with van der Waals surface area (Å²) in [6, 6.07) is 10.7. The van der Waals surface area contributed by atoms with Gasteiger partial charge in [0.1, 0.15) is 4.32 Å². The minimum Gasteiger partial charge on any atom is -0.355 e. The first-order valence-corrected chi connectivity index (χ1v) is 7.92. The topological polar surface area (TPSA) is 15.3 Å². The maximum absolute atomic E-state index is 5.47. The molecule has 0 aliphatic carbocycles. The zero-order valence-electron chi connectivity index (χ0n) is 10.6. The lowest BCUT2D eigenvalue weighted by Crippen LogP contribution is -2.45. The molecule has 1 aromatic rings. The van der Waals surface area contributed by atoms with Crippen LogP contribution in [0.5, 0.6) is 0 Å². The first kappa shape index (κ1) is 13.8. The van der Waals surface area contributed by atoms with Gasteiger partial charge in [0.05, 0.1) is 0 Å². The maximum Gasteiger partial charge on any atom is 0.136 e. The second-order valence-electron chi connectivity index (χ2n) is 4.44. The minimum absolute atomic E-state index is 1.06. The standard InChI is InChI=1S/C14H20N2S2/c17-14(16-10-8-15-9-11-16)18-12-4-7-13-5-2-1-3-6-13/h1-3,5-6,15H,4,7-12H2. The van der Waals surface area contributed by atoms with E-state index in [1.54, 1.807) is 0 Å². The summed E-state index contributed by atoms with van der Waals surface area (Å²) >= 11 is 7.30. The molecule has 18 heavy (non-hydrogen) atoms. The Morgan fingerprint density at radius 2 is 1.94 bits per heavy atom. The Kier molecular flexibility index (Phi) is 5.97. The van der Waals surface area contributed by atoms with Gasteiger partial charge in [0.25, 0.3) is 0 Å². The average Bonchev–Trinajstić information content (AvgIpc) is 2.45. The molecule has 98 valence electrons. The van der Waals surface area contributed by atoms with Crippen LogP contribution in [0, 0.1) is 0 Å². The quantitative estimate of drug-likeness (QED) is 0.673. The molecule has 1 fully saturated rings. The fraction of sp³-hybridized carbons (Fsp3) is 0.500. The number of hydrogen-bond acceptors (Lipinski definition) is 3. The summed E-state index contributed by atoms with van der Waals surface area (Å²) in [5.74, 6) is 1.12. The van der Waals surface area contributed by atoms with Gasteiger partial charge in [-0.15, -0.1) is 0 Å². The van der Waals surface area contributed by atoms with Crippen LogP contribution >= 0.6 is 24.0 Å². The number of aryl methyl sites for hydroxylation is 1. The van der Waals surface area contributed by atoms with Crippen LogP contribution in [0.15, 0.2) is 30.3 Å². The number of thioether (sulfide) groups is 1. The van der Waals surface area contributed by atoms with Crippen molar-refractivity contribution in [2.45, 2.75) is 12.8 Å². The van der Waals surface area contributed by atoms with Gasteiger partial charge < -0.3 is 10.2 Å². The van der Waals surface area contributed by atoms with E-state index in [1.807, 2.05) is 11.8 Å². The monoisotopic (exact) mass is 280 g/mol. The number of nitrogens with one attached hydrogen (secondary N) is 1. The van der Waals surface area contributed by atoms with Gasteiger partial charge in [-0.3, -0.25) is 0 Å². The summed E-state index contributed by atoms with van der Waals surface area (Å²) in [4.78, 5) is 2.32. The van der Waals surface area contributed by atoms with Crippen molar-refractivity contribution in [2.75, 3.05) is 31.9 Å². The van der Waals surface area contributed by atoms with E-state index >= 15 is 0 Å². The third-order valence-electron chi connectivity index (χ3n) is 3.05. The van der Waals surface area contributed by atoms with Crippen LogP contribution in [-0.4, -0.2) is 41.2 Å². The highest BCUT2D eigenvalue weighted by atomic mass is 32.2. The molecule has 2 rings (SSSR count). The van der Waals surface area contributed by atoms with Gasteiger partial charge in [-0.25, -0.2) is 0 Å². The van der Waals surface area contributed by atoms with E-state index in [2.05, 4.69) is 40.5 Å². The van der Waals surface area contributed by atoms with Crippen LogP contribution in [0.1, 0.15) is 12.0 Å². The van der Waals surface area contributed by atoms with Gasteiger partial charge in [-0.2, -0.15) is 0 Å². The molecule has 1 heterocycles. The summed E-state index contributed by atoms with van der Waals surface area (Å²) in [7, 11) is 0. The molecule has 0 amide bonds. The summed E-state index contributed by atoms with van der Waals surface area (Å²) in [5.41, 5.74) is 1.42. The lowest BCUT2D eigenvalue weighted by molar-refractivity contribution is 0.368. The largest absolute Gasteiger partial charge is 0.355 e. The van der Waals surface area contributed by atoms with Crippen molar-refractivity contribution in [3.05, 3.63) is 35.9 Å². The SMILES string of the molecule is S=C(SCCCc1ccccc1)N1CCNCC1. The fourth-order valence-electron chi connectivity index (χ4n) is 2.02. The molecule has 1 N–H and O–H groups in total. The van der Waals surface area contributed by atoms with Crippen LogP contribution < -0.4 is 5.32 Å². The second-order valence-corrected chi connectivity index (χ2v) is 6.17. The van der Waals surface area contributed by atoms with Crippen molar-refractivity contribution in [3.63, 3.8) is 0 Å². The molecule has 4 heteroatoms. The minimum atomic E-state index is 1.06. The maximum atomic E-state index is 5.47. The van der Waals surface area contributed by atoms with Crippen LogP contribution in [0.3, 0.4) is 0 Å². The number of thiocarbonyl (C=S) groups is 1. The molecule has 0 radical (unpaired) electrons.